The Morgan fingerprint density at radius 2 is 1.70 bits per heavy atom. The van der Waals surface area contributed by atoms with Crippen LogP contribution in [0.15, 0.2) is 59.6 Å². The van der Waals surface area contributed by atoms with Gasteiger partial charge in [-0.15, -0.1) is 0 Å². The molecule has 0 atom stereocenters. The molecule has 1 aromatic heterocycles. The van der Waals surface area contributed by atoms with E-state index in [-0.39, 0.29) is 11.4 Å². The van der Waals surface area contributed by atoms with Crippen LogP contribution in [0, 0.1) is 0 Å². The van der Waals surface area contributed by atoms with E-state index < -0.39 is 10.0 Å². The van der Waals surface area contributed by atoms with Gasteiger partial charge in [0.15, 0.2) is 0 Å². The molecule has 0 bridgehead atoms. The maximum absolute atomic E-state index is 12.6. The van der Waals surface area contributed by atoms with Crippen molar-refractivity contribution in [3.63, 3.8) is 0 Å². The fraction of sp³-hybridized carbons (Fsp3) is 0.0625. The Kier molecular flexibility index (Phi) is 4.55. The first-order valence-corrected chi connectivity index (χ1v) is 8.98. The molecule has 0 aliphatic carbocycles. The average Bonchev–Trinajstić information content (AvgIpc) is 2.55. The second-order valence-electron chi connectivity index (χ2n) is 4.88. The summed E-state index contributed by atoms with van der Waals surface area (Å²) in [5.41, 5.74) is 0.580. The van der Waals surface area contributed by atoms with Crippen molar-refractivity contribution >= 4 is 44.0 Å². The highest BCUT2D eigenvalue weighted by Gasteiger charge is 2.18. The highest BCUT2D eigenvalue weighted by molar-refractivity contribution is 7.89. The lowest BCUT2D eigenvalue weighted by Crippen LogP contribution is -2.24. The highest BCUT2D eigenvalue weighted by atomic mass is 35.5. The number of halogens is 2. The van der Waals surface area contributed by atoms with Gasteiger partial charge in [0.1, 0.15) is 0 Å². The van der Waals surface area contributed by atoms with Crippen LogP contribution in [0.2, 0.25) is 10.0 Å². The van der Waals surface area contributed by atoms with Gasteiger partial charge in [0.2, 0.25) is 10.0 Å². The molecular formula is C16H12Cl2N2O2S. The molecule has 0 fully saturated rings. The molecule has 0 amide bonds. The standard InChI is InChI=1S/C16H12Cl2N2O2S/c17-11-5-6-12(19-9-11)10-20-23(21,22)16-8-7-15(18)13-3-1-2-4-14(13)16/h1-9,20H,10H2. The monoisotopic (exact) mass is 366 g/mol. The smallest absolute Gasteiger partial charge is 0.241 e. The van der Waals surface area contributed by atoms with Gasteiger partial charge in [-0.25, -0.2) is 13.1 Å². The normalized spacial score (nSPS) is 11.7. The van der Waals surface area contributed by atoms with Crippen molar-refractivity contribution in [3.05, 3.63) is 70.5 Å². The number of hydrogen-bond donors (Lipinski definition) is 1. The van der Waals surface area contributed by atoms with E-state index >= 15 is 0 Å². The Labute approximate surface area is 144 Å². The number of benzene rings is 2. The summed E-state index contributed by atoms with van der Waals surface area (Å²) >= 11 is 11.9. The van der Waals surface area contributed by atoms with E-state index in [0.717, 1.165) is 0 Å². The predicted molar refractivity (Wildman–Crippen MR) is 92.2 cm³/mol. The van der Waals surface area contributed by atoms with Gasteiger partial charge in [-0.1, -0.05) is 47.5 Å². The minimum absolute atomic E-state index is 0.0798. The summed E-state index contributed by atoms with van der Waals surface area (Å²) in [6.45, 7) is 0.0798. The third-order valence-electron chi connectivity index (χ3n) is 3.35. The summed E-state index contributed by atoms with van der Waals surface area (Å²) in [6, 6.07) is 13.5. The molecule has 0 unspecified atom stereocenters. The molecule has 0 spiro atoms. The van der Waals surface area contributed by atoms with Crippen molar-refractivity contribution in [1.29, 1.82) is 0 Å². The Balaban J connectivity index is 1.94. The Hall–Kier alpha value is -1.66. The summed E-state index contributed by atoms with van der Waals surface area (Å²) < 4.78 is 27.7. The predicted octanol–water partition coefficient (Wildman–Crippen LogP) is 4.02. The zero-order valence-electron chi connectivity index (χ0n) is 11.8. The summed E-state index contributed by atoms with van der Waals surface area (Å²) in [5, 5.41) is 2.29. The minimum Gasteiger partial charge on any atom is -0.258 e. The maximum Gasteiger partial charge on any atom is 0.241 e. The van der Waals surface area contributed by atoms with Crippen LogP contribution in [0.5, 0.6) is 0 Å². The van der Waals surface area contributed by atoms with Crippen LogP contribution in [-0.4, -0.2) is 13.4 Å². The molecular weight excluding hydrogens is 355 g/mol. The van der Waals surface area contributed by atoms with Crippen molar-refractivity contribution in [2.24, 2.45) is 0 Å². The summed E-state index contributed by atoms with van der Waals surface area (Å²) in [7, 11) is -3.69. The number of aromatic nitrogens is 1. The zero-order valence-corrected chi connectivity index (χ0v) is 14.2. The van der Waals surface area contributed by atoms with E-state index in [9.17, 15) is 8.42 Å². The molecule has 3 rings (SSSR count). The van der Waals surface area contributed by atoms with Crippen LogP contribution in [0.3, 0.4) is 0 Å². The summed E-state index contributed by atoms with van der Waals surface area (Å²) in [6.07, 6.45) is 1.48. The number of nitrogens with zero attached hydrogens (tertiary/aromatic N) is 1. The lowest BCUT2D eigenvalue weighted by Gasteiger charge is -2.10. The van der Waals surface area contributed by atoms with Crippen molar-refractivity contribution in [2.75, 3.05) is 0 Å². The van der Waals surface area contributed by atoms with E-state index in [0.29, 0.717) is 26.5 Å². The first-order valence-electron chi connectivity index (χ1n) is 6.75. The van der Waals surface area contributed by atoms with Gasteiger partial charge in [-0.2, -0.15) is 0 Å². The maximum atomic E-state index is 12.6. The third kappa shape index (κ3) is 3.48. The average molecular weight is 367 g/mol. The Morgan fingerprint density at radius 1 is 0.957 bits per heavy atom. The van der Waals surface area contributed by atoms with E-state index in [1.165, 1.54) is 12.3 Å². The molecule has 4 nitrogen and oxygen atoms in total. The second kappa shape index (κ2) is 6.45. The lowest BCUT2D eigenvalue weighted by molar-refractivity contribution is 0.581. The van der Waals surface area contributed by atoms with E-state index in [1.807, 2.05) is 6.07 Å². The second-order valence-corrected chi connectivity index (χ2v) is 7.46. The molecule has 1 heterocycles. The Morgan fingerprint density at radius 3 is 2.39 bits per heavy atom. The molecule has 3 aromatic rings. The molecule has 23 heavy (non-hydrogen) atoms. The SMILES string of the molecule is O=S(=O)(NCc1ccc(Cl)cn1)c1ccc(Cl)c2ccccc12. The number of rotatable bonds is 4. The number of nitrogens with one attached hydrogen (secondary N) is 1. The minimum atomic E-state index is -3.69. The van der Waals surface area contributed by atoms with Crippen LogP contribution in [0.4, 0.5) is 0 Å². The molecule has 1 N–H and O–H groups in total. The van der Waals surface area contributed by atoms with Crippen molar-refractivity contribution in [2.45, 2.75) is 11.4 Å². The molecule has 2 aromatic carbocycles. The van der Waals surface area contributed by atoms with Crippen LogP contribution >= 0.6 is 23.2 Å². The van der Waals surface area contributed by atoms with Gasteiger partial charge < -0.3 is 0 Å². The molecule has 0 aliphatic rings. The van der Waals surface area contributed by atoms with Crippen LogP contribution in [0.1, 0.15) is 5.69 Å². The van der Waals surface area contributed by atoms with Gasteiger partial charge in [0.05, 0.1) is 22.2 Å². The Bertz CT molecular complexity index is 957. The molecule has 118 valence electrons. The molecule has 0 radical (unpaired) electrons. The first kappa shape index (κ1) is 16.2. The first-order chi connectivity index (χ1) is 11.0. The zero-order chi connectivity index (χ0) is 16.4. The highest BCUT2D eigenvalue weighted by Crippen LogP contribution is 2.29. The molecule has 0 aliphatic heterocycles. The van der Waals surface area contributed by atoms with Gasteiger partial charge in [-0.3, -0.25) is 4.98 Å². The van der Waals surface area contributed by atoms with Crippen molar-refractivity contribution in [1.82, 2.24) is 9.71 Å². The van der Waals surface area contributed by atoms with E-state index in [4.69, 9.17) is 23.2 Å². The third-order valence-corrected chi connectivity index (χ3v) is 5.36. The topological polar surface area (TPSA) is 59.1 Å². The quantitative estimate of drug-likeness (QED) is 0.758. The molecule has 7 heteroatoms. The van der Waals surface area contributed by atoms with E-state index in [2.05, 4.69) is 9.71 Å². The van der Waals surface area contributed by atoms with Crippen molar-refractivity contribution in [3.8, 4) is 0 Å². The fourth-order valence-electron chi connectivity index (χ4n) is 2.23. The number of fused-ring (bicyclic) bond motifs is 1. The van der Waals surface area contributed by atoms with Crippen LogP contribution < -0.4 is 4.72 Å². The van der Waals surface area contributed by atoms with Gasteiger partial charge >= 0.3 is 0 Å². The van der Waals surface area contributed by atoms with Crippen molar-refractivity contribution < 1.29 is 8.42 Å². The number of hydrogen-bond acceptors (Lipinski definition) is 3. The largest absolute Gasteiger partial charge is 0.258 e. The van der Waals surface area contributed by atoms with Gasteiger partial charge in [0, 0.05) is 22.0 Å². The molecule has 0 saturated carbocycles. The van der Waals surface area contributed by atoms with Gasteiger partial charge in [-0.05, 0) is 24.3 Å². The van der Waals surface area contributed by atoms with Crippen LogP contribution in [0.25, 0.3) is 10.8 Å². The number of pyridine rings is 1. The summed E-state index contributed by atoms with van der Waals surface area (Å²) in [5.74, 6) is 0. The molecule has 0 saturated heterocycles. The summed E-state index contributed by atoms with van der Waals surface area (Å²) in [4.78, 5) is 4.26. The van der Waals surface area contributed by atoms with E-state index in [1.54, 1.807) is 36.4 Å². The number of sulfonamides is 1. The van der Waals surface area contributed by atoms with Crippen LogP contribution in [-0.2, 0) is 16.6 Å². The van der Waals surface area contributed by atoms with Gasteiger partial charge in [0.25, 0.3) is 0 Å². The fourth-order valence-corrected chi connectivity index (χ4v) is 3.77. The lowest BCUT2D eigenvalue weighted by atomic mass is 10.1.